The van der Waals surface area contributed by atoms with E-state index in [4.69, 9.17) is 0 Å². The number of rotatable bonds is 2. The van der Waals surface area contributed by atoms with Crippen LogP contribution in [0.1, 0.15) is 25.7 Å². The molecule has 2 fully saturated rings. The molecule has 21 heavy (non-hydrogen) atoms. The maximum atomic E-state index is 12.8. The van der Waals surface area contributed by atoms with E-state index in [0.717, 1.165) is 10.6 Å². The van der Waals surface area contributed by atoms with Crippen LogP contribution in [0.5, 0.6) is 0 Å². The van der Waals surface area contributed by atoms with Gasteiger partial charge in [-0.2, -0.15) is 17.5 Å². The molecule has 5 nitrogen and oxygen atoms in total. The predicted molar refractivity (Wildman–Crippen MR) is 69.9 cm³/mol. The van der Waals surface area contributed by atoms with Crippen molar-refractivity contribution in [1.29, 1.82) is 0 Å². The Bertz CT molecular complexity index is 506. The largest absolute Gasteiger partial charge is 0.393 e. The van der Waals surface area contributed by atoms with Crippen LogP contribution in [-0.4, -0.2) is 61.6 Å². The average molecular weight is 328 g/mol. The molecule has 9 heteroatoms. The van der Waals surface area contributed by atoms with Crippen LogP contribution in [0.4, 0.5) is 13.2 Å². The van der Waals surface area contributed by atoms with Gasteiger partial charge in [0.1, 0.15) is 6.04 Å². The SMILES string of the molecule is CS(=O)(=O)N1CCCC1C(=O)N1CCCC(C(F)(F)F)C1. The number of hydrogen-bond acceptors (Lipinski definition) is 3. The van der Waals surface area contributed by atoms with Crippen molar-refractivity contribution in [3.8, 4) is 0 Å². The average Bonchev–Trinajstić information content (AvgIpc) is 2.86. The van der Waals surface area contributed by atoms with E-state index in [-0.39, 0.29) is 26.1 Å². The fraction of sp³-hybridized carbons (Fsp3) is 0.917. The fourth-order valence-electron chi connectivity index (χ4n) is 3.04. The molecule has 0 radical (unpaired) electrons. The van der Waals surface area contributed by atoms with Gasteiger partial charge in [0.25, 0.3) is 0 Å². The highest BCUT2D eigenvalue weighted by Crippen LogP contribution is 2.34. The second-order valence-electron chi connectivity index (χ2n) is 5.70. The molecular formula is C12H19F3N2O3S. The number of carbonyl (C=O) groups is 1. The van der Waals surface area contributed by atoms with E-state index in [0.29, 0.717) is 19.3 Å². The number of hydrogen-bond donors (Lipinski definition) is 0. The molecule has 0 aromatic rings. The molecule has 0 N–H and O–H groups in total. The molecule has 0 aromatic carbocycles. The summed E-state index contributed by atoms with van der Waals surface area (Å²) < 4.78 is 62.7. The molecule has 1 amide bonds. The third kappa shape index (κ3) is 3.68. The minimum absolute atomic E-state index is 0.0216. The molecule has 2 rings (SSSR count). The van der Waals surface area contributed by atoms with E-state index in [1.54, 1.807) is 0 Å². The minimum Gasteiger partial charge on any atom is -0.341 e. The van der Waals surface area contributed by atoms with Gasteiger partial charge in [0.2, 0.25) is 15.9 Å². The van der Waals surface area contributed by atoms with Crippen molar-refractivity contribution in [2.75, 3.05) is 25.9 Å². The molecule has 2 saturated heterocycles. The molecule has 0 aromatic heterocycles. The first-order chi connectivity index (χ1) is 9.60. The summed E-state index contributed by atoms with van der Waals surface area (Å²) in [6, 6.07) is -0.841. The predicted octanol–water partition coefficient (Wildman–Crippen LogP) is 1.21. The van der Waals surface area contributed by atoms with Crippen LogP contribution in [0.25, 0.3) is 0 Å². The standard InChI is InChI=1S/C12H19F3N2O3S/c1-21(19,20)17-7-3-5-10(17)11(18)16-6-2-4-9(8-16)12(13,14)15/h9-10H,2-8H2,1H3. The van der Waals surface area contributed by atoms with Crippen LogP contribution in [0.15, 0.2) is 0 Å². The smallest absolute Gasteiger partial charge is 0.341 e. The number of halogens is 3. The van der Waals surface area contributed by atoms with Gasteiger partial charge < -0.3 is 4.90 Å². The number of nitrogens with zero attached hydrogens (tertiary/aromatic N) is 2. The Morgan fingerprint density at radius 1 is 1.14 bits per heavy atom. The Morgan fingerprint density at radius 2 is 1.76 bits per heavy atom. The molecule has 0 spiro atoms. The summed E-state index contributed by atoms with van der Waals surface area (Å²) in [5.74, 6) is -2.00. The monoisotopic (exact) mass is 328 g/mol. The number of likely N-dealkylation sites (tertiary alicyclic amines) is 1. The third-order valence-corrected chi connectivity index (χ3v) is 5.40. The first-order valence-corrected chi connectivity index (χ1v) is 8.78. The minimum atomic E-state index is -4.31. The van der Waals surface area contributed by atoms with Crippen molar-refractivity contribution in [1.82, 2.24) is 9.21 Å². The Labute approximate surface area is 122 Å². The normalized spacial score (nSPS) is 28.9. The third-order valence-electron chi connectivity index (χ3n) is 4.11. The molecule has 0 aliphatic carbocycles. The fourth-order valence-corrected chi connectivity index (χ4v) is 4.16. The van der Waals surface area contributed by atoms with Crippen LogP contribution in [0.2, 0.25) is 0 Å². The van der Waals surface area contributed by atoms with Crippen molar-refractivity contribution in [3.63, 3.8) is 0 Å². The van der Waals surface area contributed by atoms with Crippen molar-refractivity contribution in [3.05, 3.63) is 0 Å². The summed E-state index contributed by atoms with van der Waals surface area (Å²) in [6.45, 7) is 0.154. The van der Waals surface area contributed by atoms with Gasteiger partial charge in [0.05, 0.1) is 12.2 Å². The first kappa shape index (κ1) is 16.5. The van der Waals surface area contributed by atoms with Crippen LogP contribution >= 0.6 is 0 Å². The second kappa shape index (κ2) is 5.75. The Morgan fingerprint density at radius 3 is 2.33 bits per heavy atom. The highest BCUT2D eigenvalue weighted by Gasteiger charge is 2.45. The lowest BCUT2D eigenvalue weighted by Crippen LogP contribution is -2.52. The summed E-state index contributed by atoms with van der Waals surface area (Å²) in [5.41, 5.74) is 0. The van der Waals surface area contributed by atoms with Gasteiger partial charge in [0, 0.05) is 19.6 Å². The van der Waals surface area contributed by atoms with Crippen LogP contribution < -0.4 is 0 Å². The van der Waals surface area contributed by atoms with Crippen molar-refractivity contribution in [2.45, 2.75) is 37.9 Å². The van der Waals surface area contributed by atoms with Crippen LogP contribution in [-0.2, 0) is 14.8 Å². The van der Waals surface area contributed by atoms with Gasteiger partial charge in [-0.05, 0) is 25.7 Å². The van der Waals surface area contributed by atoms with Gasteiger partial charge in [0.15, 0.2) is 0 Å². The summed E-state index contributed by atoms with van der Waals surface area (Å²) in [4.78, 5) is 13.6. The van der Waals surface area contributed by atoms with Gasteiger partial charge in [-0.1, -0.05) is 0 Å². The topological polar surface area (TPSA) is 57.7 Å². The highest BCUT2D eigenvalue weighted by atomic mass is 32.2. The zero-order valence-electron chi connectivity index (χ0n) is 11.8. The molecule has 0 bridgehead atoms. The molecular weight excluding hydrogens is 309 g/mol. The van der Waals surface area contributed by atoms with Crippen LogP contribution in [0.3, 0.4) is 0 Å². The second-order valence-corrected chi connectivity index (χ2v) is 7.63. The van der Waals surface area contributed by atoms with E-state index >= 15 is 0 Å². The van der Waals surface area contributed by atoms with Crippen LogP contribution in [0, 0.1) is 5.92 Å². The molecule has 2 unspecified atom stereocenters. The molecule has 2 atom stereocenters. The van der Waals surface area contributed by atoms with Gasteiger partial charge >= 0.3 is 6.18 Å². The van der Waals surface area contributed by atoms with Crippen molar-refractivity contribution in [2.24, 2.45) is 5.92 Å². The van der Waals surface area contributed by atoms with E-state index in [2.05, 4.69) is 0 Å². The summed E-state index contributed by atoms with van der Waals surface area (Å²) in [7, 11) is -3.51. The summed E-state index contributed by atoms with van der Waals surface area (Å²) in [6.07, 6.45) is -2.05. The number of amides is 1. The summed E-state index contributed by atoms with van der Waals surface area (Å²) >= 11 is 0. The van der Waals surface area contributed by atoms with E-state index in [1.807, 2.05) is 0 Å². The number of alkyl halides is 3. The maximum Gasteiger partial charge on any atom is 0.393 e. The zero-order chi connectivity index (χ0) is 15.8. The van der Waals surface area contributed by atoms with E-state index in [9.17, 15) is 26.4 Å². The molecule has 2 aliphatic heterocycles. The molecule has 2 heterocycles. The van der Waals surface area contributed by atoms with Crippen molar-refractivity contribution >= 4 is 15.9 Å². The molecule has 2 aliphatic rings. The maximum absolute atomic E-state index is 12.8. The van der Waals surface area contributed by atoms with Gasteiger partial charge in [-0.3, -0.25) is 4.79 Å². The molecule has 0 saturated carbocycles. The lowest BCUT2D eigenvalue weighted by Gasteiger charge is -2.36. The van der Waals surface area contributed by atoms with Crippen molar-refractivity contribution < 1.29 is 26.4 Å². The Hall–Kier alpha value is -0.830. The Kier molecular flexibility index (Phi) is 4.53. The first-order valence-electron chi connectivity index (χ1n) is 6.93. The number of carbonyl (C=O) groups excluding carboxylic acids is 1. The molecule has 122 valence electrons. The van der Waals surface area contributed by atoms with Gasteiger partial charge in [-0.15, -0.1) is 0 Å². The number of piperidine rings is 1. The van der Waals surface area contributed by atoms with E-state index < -0.39 is 34.1 Å². The van der Waals surface area contributed by atoms with E-state index in [1.165, 1.54) is 4.90 Å². The Balaban J connectivity index is 2.09. The lowest BCUT2D eigenvalue weighted by molar-refractivity contribution is -0.188. The zero-order valence-corrected chi connectivity index (χ0v) is 12.6. The highest BCUT2D eigenvalue weighted by molar-refractivity contribution is 7.88. The summed E-state index contributed by atoms with van der Waals surface area (Å²) in [5, 5.41) is 0. The van der Waals surface area contributed by atoms with Gasteiger partial charge in [-0.25, -0.2) is 8.42 Å². The quantitative estimate of drug-likeness (QED) is 0.766. The number of sulfonamides is 1. The lowest BCUT2D eigenvalue weighted by atomic mass is 9.97.